The summed E-state index contributed by atoms with van der Waals surface area (Å²) in [6, 6.07) is 7.59. The number of hydrogen-bond acceptors (Lipinski definition) is 2. The Kier molecular flexibility index (Phi) is 2.05. The first-order valence-electron chi connectivity index (χ1n) is 5.29. The molecular weight excluding hydrogens is 214 g/mol. The van der Waals surface area contributed by atoms with Gasteiger partial charge in [0.25, 0.3) is 0 Å². The normalized spacial score (nSPS) is 15.4. The third kappa shape index (κ3) is 1.61. The van der Waals surface area contributed by atoms with Crippen molar-refractivity contribution in [2.45, 2.75) is 0 Å². The molecule has 0 radical (unpaired) electrons. The summed E-state index contributed by atoms with van der Waals surface area (Å²) in [4.78, 5) is 26.1. The monoisotopic (exact) mass is 223 g/mol. The molecule has 1 aliphatic rings. The van der Waals surface area contributed by atoms with Crippen LogP contribution in [0.3, 0.4) is 0 Å². The summed E-state index contributed by atoms with van der Waals surface area (Å²) in [6.45, 7) is 0. The lowest BCUT2D eigenvalue weighted by atomic mass is 9.95. The standard InChI is InChI=1S/C14H9NO2/c16-11-2-4-14(17)12(8-11)9-1-3-13-10(7-9)5-6-15-13/h1-8,15H. The Labute approximate surface area is 97.4 Å². The van der Waals surface area contributed by atoms with Gasteiger partial charge in [-0.25, -0.2) is 0 Å². The molecule has 0 bridgehead atoms. The number of rotatable bonds is 1. The molecule has 3 nitrogen and oxygen atoms in total. The summed E-state index contributed by atoms with van der Waals surface area (Å²) in [5, 5.41) is 1.03. The minimum absolute atomic E-state index is 0.125. The molecule has 0 spiro atoms. The molecule has 1 aliphatic carbocycles. The number of carbonyl (C=O) groups excluding carboxylic acids is 2. The Morgan fingerprint density at radius 3 is 2.76 bits per heavy atom. The van der Waals surface area contributed by atoms with Crippen LogP contribution in [-0.2, 0) is 9.59 Å². The van der Waals surface area contributed by atoms with Crippen molar-refractivity contribution in [2.75, 3.05) is 0 Å². The van der Waals surface area contributed by atoms with Gasteiger partial charge in [0.2, 0.25) is 0 Å². The second-order valence-corrected chi connectivity index (χ2v) is 3.94. The molecule has 3 rings (SSSR count). The van der Waals surface area contributed by atoms with Gasteiger partial charge in [-0.05, 0) is 47.4 Å². The zero-order valence-electron chi connectivity index (χ0n) is 8.94. The zero-order chi connectivity index (χ0) is 11.8. The fraction of sp³-hybridized carbons (Fsp3) is 0. The van der Waals surface area contributed by atoms with E-state index in [2.05, 4.69) is 4.98 Å². The smallest absolute Gasteiger partial charge is 0.186 e. The van der Waals surface area contributed by atoms with Gasteiger partial charge >= 0.3 is 0 Å². The summed E-state index contributed by atoms with van der Waals surface area (Å²) in [5.41, 5.74) is 2.25. The first kappa shape index (κ1) is 9.78. The summed E-state index contributed by atoms with van der Waals surface area (Å²) >= 11 is 0. The Bertz CT molecular complexity index is 689. The van der Waals surface area contributed by atoms with Crippen LogP contribution in [0.2, 0.25) is 0 Å². The molecule has 1 aromatic carbocycles. The SMILES string of the molecule is O=C1C=CC(=O)C(c2ccc3[nH]ccc3c2)=C1. The molecule has 0 saturated carbocycles. The van der Waals surface area contributed by atoms with Gasteiger partial charge in [-0.15, -0.1) is 0 Å². The lowest BCUT2D eigenvalue weighted by Crippen LogP contribution is -2.06. The van der Waals surface area contributed by atoms with Gasteiger partial charge in [-0.3, -0.25) is 9.59 Å². The summed E-state index contributed by atoms with van der Waals surface area (Å²) in [5.74, 6) is -0.270. The molecule has 17 heavy (non-hydrogen) atoms. The van der Waals surface area contributed by atoms with Gasteiger partial charge in [0.05, 0.1) is 0 Å². The van der Waals surface area contributed by atoms with Gasteiger partial charge in [0, 0.05) is 17.3 Å². The molecule has 0 amide bonds. The molecule has 2 aromatic rings. The Balaban J connectivity index is 2.14. The zero-order valence-corrected chi connectivity index (χ0v) is 8.94. The molecular formula is C14H9NO2. The van der Waals surface area contributed by atoms with Crippen molar-refractivity contribution in [3.63, 3.8) is 0 Å². The molecule has 0 aliphatic heterocycles. The van der Waals surface area contributed by atoms with Gasteiger partial charge in [0.1, 0.15) is 0 Å². The predicted molar refractivity (Wildman–Crippen MR) is 65.4 cm³/mol. The fourth-order valence-electron chi connectivity index (χ4n) is 1.96. The van der Waals surface area contributed by atoms with E-state index in [4.69, 9.17) is 0 Å². The van der Waals surface area contributed by atoms with Crippen LogP contribution < -0.4 is 0 Å². The Morgan fingerprint density at radius 1 is 1.00 bits per heavy atom. The van der Waals surface area contributed by atoms with E-state index in [1.54, 1.807) is 0 Å². The number of hydrogen-bond donors (Lipinski definition) is 1. The van der Waals surface area contributed by atoms with Crippen molar-refractivity contribution in [3.05, 3.63) is 54.3 Å². The molecule has 1 heterocycles. The fourth-order valence-corrected chi connectivity index (χ4v) is 1.96. The van der Waals surface area contributed by atoms with Gasteiger partial charge < -0.3 is 4.98 Å². The van der Waals surface area contributed by atoms with E-state index in [-0.39, 0.29) is 11.6 Å². The second-order valence-electron chi connectivity index (χ2n) is 3.94. The summed E-state index contributed by atoms with van der Waals surface area (Å²) < 4.78 is 0. The molecule has 0 atom stereocenters. The topological polar surface area (TPSA) is 49.9 Å². The largest absolute Gasteiger partial charge is 0.361 e. The minimum Gasteiger partial charge on any atom is -0.361 e. The number of ketones is 2. The highest BCUT2D eigenvalue weighted by molar-refractivity contribution is 6.34. The minimum atomic E-state index is -0.145. The molecule has 82 valence electrons. The number of fused-ring (bicyclic) bond motifs is 1. The number of aromatic nitrogens is 1. The average Bonchev–Trinajstić information content (AvgIpc) is 2.79. The molecule has 0 fully saturated rings. The van der Waals surface area contributed by atoms with Crippen molar-refractivity contribution in [1.82, 2.24) is 4.98 Å². The number of H-pyrrole nitrogens is 1. The van der Waals surface area contributed by atoms with E-state index in [9.17, 15) is 9.59 Å². The van der Waals surface area contributed by atoms with Crippen molar-refractivity contribution in [3.8, 4) is 0 Å². The maximum absolute atomic E-state index is 11.7. The first-order valence-corrected chi connectivity index (χ1v) is 5.29. The van der Waals surface area contributed by atoms with Gasteiger partial charge in [0.15, 0.2) is 11.6 Å². The highest BCUT2D eigenvalue weighted by Crippen LogP contribution is 2.23. The van der Waals surface area contributed by atoms with Crippen LogP contribution in [-0.4, -0.2) is 16.6 Å². The van der Waals surface area contributed by atoms with E-state index in [1.807, 2.05) is 30.5 Å². The van der Waals surface area contributed by atoms with E-state index in [0.29, 0.717) is 5.57 Å². The molecule has 1 N–H and O–H groups in total. The van der Waals surface area contributed by atoms with Crippen molar-refractivity contribution in [2.24, 2.45) is 0 Å². The van der Waals surface area contributed by atoms with Crippen LogP contribution in [0.4, 0.5) is 0 Å². The van der Waals surface area contributed by atoms with Gasteiger partial charge in [-0.1, -0.05) is 6.07 Å². The maximum atomic E-state index is 11.7. The Morgan fingerprint density at radius 2 is 1.88 bits per heavy atom. The molecule has 3 heteroatoms. The van der Waals surface area contributed by atoms with E-state index < -0.39 is 0 Å². The second kappa shape index (κ2) is 3.56. The summed E-state index contributed by atoms with van der Waals surface area (Å²) in [7, 11) is 0. The number of nitrogens with one attached hydrogen (secondary N) is 1. The lowest BCUT2D eigenvalue weighted by molar-refractivity contribution is -0.113. The number of allylic oxidation sites excluding steroid dienone is 4. The lowest BCUT2D eigenvalue weighted by Gasteiger charge is -2.07. The van der Waals surface area contributed by atoms with Crippen LogP contribution in [0, 0.1) is 0 Å². The molecule has 1 aromatic heterocycles. The third-order valence-corrected chi connectivity index (χ3v) is 2.82. The Hall–Kier alpha value is -2.42. The van der Waals surface area contributed by atoms with Crippen molar-refractivity contribution in [1.29, 1.82) is 0 Å². The van der Waals surface area contributed by atoms with Crippen LogP contribution in [0.5, 0.6) is 0 Å². The highest BCUT2D eigenvalue weighted by atomic mass is 16.1. The summed E-state index contributed by atoms with van der Waals surface area (Å²) in [6.07, 6.45) is 5.84. The predicted octanol–water partition coefficient (Wildman–Crippen LogP) is 2.26. The maximum Gasteiger partial charge on any atom is 0.186 e. The van der Waals surface area contributed by atoms with Crippen LogP contribution in [0.15, 0.2) is 48.7 Å². The van der Waals surface area contributed by atoms with E-state index in [0.717, 1.165) is 16.5 Å². The number of aromatic amines is 1. The average molecular weight is 223 g/mol. The third-order valence-electron chi connectivity index (χ3n) is 2.82. The van der Waals surface area contributed by atoms with Crippen LogP contribution in [0.25, 0.3) is 16.5 Å². The highest BCUT2D eigenvalue weighted by Gasteiger charge is 2.15. The quantitative estimate of drug-likeness (QED) is 0.754. The first-order chi connectivity index (χ1) is 8.24. The van der Waals surface area contributed by atoms with Gasteiger partial charge in [-0.2, -0.15) is 0 Å². The van der Waals surface area contributed by atoms with E-state index >= 15 is 0 Å². The molecule has 0 saturated heterocycles. The van der Waals surface area contributed by atoms with Crippen LogP contribution in [0.1, 0.15) is 5.56 Å². The molecule has 0 unspecified atom stereocenters. The van der Waals surface area contributed by atoms with Crippen molar-refractivity contribution >= 4 is 28.0 Å². The van der Waals surface area contributed by atoms with Crippen molar-refractivity contribution < 1.29 is 9.59 Å². The van der Waals surface area contributed by atoms with Crippen LogP contribution >= 0.6 is 0 Å². The number of carbonyl (C=O) groups is 2. The number of benzene rings is 1. The van der Waals surface area contributed by atoms with E-state index in [1.165, 1.54) is 18.2 Å².